The topological polar surface area (TPSA) is 57.6 Å². The van der Waals surface area contributed by atoms with E-state index in [0.29, 0.717) is 33.5 Å². The summed E-state index contributed by atoms with van der Waals surface area (Å²) in [6, 6.07) is 10.5. The van der Waals surface area contributed by atoms with Crippen LogP contribution >= 0.6 is 23.4 Å². The van der Waals surface area contributed by atoms with E-state index in [0.717, 1.165) is 5.56 Å². The number of hydrogen-bond donors (Lipinski definition) is 1. The van der Waals surface area contributed by atoms with Gasteiger partial charge in [0.15, 0.2) is 5.17 Å². The number of amides is 2. The third-order valence-corrected chi connectivity index (χ3v) is 4.76. The fraction of sp³-hybridized carbons (Fsp3) is 0.235. The average molecular weight is 361 g/mol. The van der Waals surface area contributed by atoms with Crippen LogP contribution in [0.15, 0.2) is 47.6 Å². The van der Waals surface area contributed by atoms with E-state index in [2.05, 4.69) is 22.2 Å². The lowest BCUT2D eigenvalue weighted by Crippen LogP contribution is -2.39. The normalized spacial score (nSPS) is 16.6. The number of nitrogens with one attached hydrogen (secondary N) is 1. The Morgan fingerprint density at radius 3 is 2.88 bits per heavy atom. The van der Waals surface area contributed by atoms with Gasteiger partial charge in [0, 0.05) is 22.2 Å². The van der Waals surface area contributed by atoms with Gasteiger partial charge in [-0.25, -0.2) is 14.7 Å². The SMILES string of the molecule is Cc1cccnc1N(C(=O)Nc1cccc(Cl)c1)C1=NCC(C)S1. The summed E-state index contributed by atoms with van der Waals surface area (Å²) in [5.41, 5.74) is 1.53. The number of halogens is 1. The number of anilines is 2. The van der Waals surface area contributed by atoms with E-state index in [1.54, 1.807) is 42.2 Å². The number of pyridine rings is 1. The number of nitrogens with zero attached hydrogens (tertiary/aromatic N) is 3. The number of carbonyl (C=O) groups excluding carboxylic acids is 1. The van der Waals surface area contributed by atoms with E-state index < -0.39 is 0 Å². The molecule has 0 radical (unpaired) electrons. The molecule has 124 valence electrons. The molecule has 1 N–H and O–H groups in total. The summed E-state index contributed by atoms with van der Waals surface area (Å²) in [7, 11) is 0. The predicted octanol–water partition coefficient (Wildman–Crippen LogP) is 4.57. The molecular weight excluding hydrogens is 344 g/mol. The van der Waals surface area contributed by atoms with Crippen molar-refractivity contribution in [2.75, 3.05) is 16.8 Å². The first-order valence-corrected chi connectivity index (χ1v) is 8.80. The molecule has 0 saturated heterocycles. The van der Waals surface area contributed by atoms with Gasteiger partial charge < -0.3 is 5.32 Å². The maximum atomic E-state index is 12.9. The minimum Gasteiger partial charge on any atom is -0.307 e. The van der Waals surface area contributed by atoms with Crippen LogP contribution in [0.1, 0.15) is 12.5 Å². The molecule has 2 amide bonds. The summed E-state index contributed by atoms with van der Waals surface area (Å²) in [4.78, 5) is 23.3. The fourth-order valence-electron chi connectivity index (χ4n) is 2.32. The number of aromatic nitrogens is 1. The van der Waals surface area contributed by atoms with Crippen molar-refractivity contribution in [2.45, 2.75) is 19.1 Å². The molecule has 0 saturated carbocycles. The molecule has 0 bridgehead atoms. The van der Waals surface area contributed by atoms with Gasteiger partial charge in [-0.1, -0.05) is 42.4 Å². The molecule has 1 aromatic heterocycles. The number of benzene rings is 1. The van der Waals surface area contributed by atoms with Crippen LogP contribution in [-0.4, -0.2) is 28.0 Å². The second kappa shape index (κ2) is 7.23. The molecule has 1 unspecified atom stereocenters. The van der Waals surface area contributed by atoms with Gasteiger partial charge in [-0.05, 0) is 36.8 Å². The van der Waals surface area contributed by atoms with Gasteiger partial charge in [-0.15, -0.1) is 0 Å². The maximum Gasteiger partial charge on any atom is 0.333 e. The predicted molar refractivity (Wildman–Crippen MR) is 101 cm³/mol. The Labute approximate surface area is 150 Å². The molecule has 5 nitrogen and oxygen atoms in total. The lowest BCUT2D eigenvalue weighted by molar-refractivity contribution is 0.259. The summed E-state index contributed by atoms with van der Waals surface area (Å²) < 4.78 is 0. The van der Waals surface area contributed by atoms with Crippen LogP contribution in [0, 0.1) is 6.92 Å². The third kappa shape index (κ3) is 3.71. The first-order valence-electron chi connectivity index (χ1n) is 7.54. The molecule has 1 atom stereocenters. The molecule has 1 aromatic carbocycles. The van der Waals surface area contributed by atoms with Gasteiger partial charge in [0.1, 0.15) is 5.82 Å². The lowest BCUT2D eigenvalue weighted by Gasteiger charge is -2.23. The van der Waals surface area contributed by atoms with Crippen molar-refractivity contribution in [1.29, 1.82) is 0 Å². The highest BCUT2D eigenvalue weighted by atomic mass is 35.5. The lowest BCUT2D eigenvalue weighted by atomic mass is 10.3. The van der Waals surface area contributed by atoms with Crippen molar-refractivity contribution in [3.05, 3.63) is 53.2 Å². The van der Waals surface area contributed by atoms with Crippen LogP contribution in [0.25, 0.3) is 0 Å². The summed E-state index contributed by atoms with van der Waals surface area (Å²) in [6.07, 6.45) is 1.67. The maximum absolute atomic E-state index is 12.9. The summed E-state index contributed by atoms with van der Waals surface area (Å²) in [5, 5.41) is 4.43. The van der Waals surface area contributed by atoms with E-state index >= 15 is 0 Å². The number of thioether (sulfide) groups is 1. The van der Waals surface area contributed by atoms with Crippen LogP contribution in [-0.2, 0) is 0 Å². The Kier molecular flexibility index (Phi) is 5.06. The minimum atomic E-state index is -0.306. The molecule has 2 aromatic rings. The van der Waals surface area contributed by atoms with Gasteiger partial charge in [-0.3, -0.25) is 4.99 Å². The van der Waals surface area contributed by atoms with E-state index in [9.17, 15) is 4.79 Å². The number of aliphatic imine (C=N–C) groups is 1. The molecule has 0 aliphatic carbocycles. The summed E-state index contributed by atoms with van der Waals surface area (Å²) >= 11 is 7.56. The number of amidine groups is 1. The molecule has 1 aliphatic heterocycles. The molecule has 3 rings (SSSR count). The van der Waals surface area contributed by atoms with Gasteiger partial charge in [0.25, 0.3) is 0 Å². The van der Waals surface area contributed by atoms with Gasteiger partial charge in [0.05, 0.1) is 6.54 Å². The molecule has 2 heterocycles. The molecule has 1 aliphatic rings. The minimum absolute atomic E-state index is 0.306. The van der Waals surface area contributed by atoms with Crippen LogP contribution in [0.4, 0.5) is 16.3 Å². The van der Waals surface area contributed by atoms with Crippen molar-refractivity contribution < 1.29 is 4.79 Å². The number of carbonyl (C=O) groups is 1. The first-order chi connectivity index (χ1) is 11.5. The zero-order valence-corrected chi connectivity index (χ0v) is 14.9. The van der Waals surface area contributed by atoms with Gasteiger partial charge >= 0.3 is 6.03 Å². The third-order valence-electron chi connectivity index (χ3n) is 3.45. The van der Waals surface area contributed by atoms with E-state index in [4.69, 9.17) is 11.6 Å². The molecule has 0 spiro atoms. The number of hydrogen-bond acceptors (Lipinski definition) is 4. The fourth-order valence-corrected chi connectivity index (χ4v) is 3.44. The average Bonchev–Trinajstić information content (AvgIpc) is 2.95. The largest absolute Gasteiger partial charge is 0.333 e. The second-order valence-electron chi connectivity index (χ2n) is 5.47. The zero-order valence-electron chi connectivity index (χ0n) is 13.4. The highest BCUT2D eigenvalue weighted by molar-refractivity contribution is 8.15. The highest BCUT2D eigenvalue weighted by Gasteiger charge is 2.29. The highest BCUT2D eigenvalue weighted by Crippen LogP contribution is 2.28. The molecule has 7 heteroatoms. The van der Waals surface area contributed by atoms with Crippen molar-refractivity contribution in [3.63, 3.8) is 0 Å². The summed E-state index contributed by atoms with van der Waals surface area (Å²) in [5.74, 6) is 0.581. The van der Waals surface area contributed by atoms with Crippen molar-refractivity contribution >= 4 is 46.1 Å². The number of rotatable bonds is 2. The monoisotopic (exact) mass is 360 g/mol. The smallest absolute Gasteiger partial charge is 0.307 e. The van der Waals surface area contributed by atoms with Crippen LogP contribution < -0.4 is 10.2 Å². The Hall–Kier alpha value is -2.05. The van der Waals surface area contributed by atoms with Crippen molar-refractivity contribution in [3.8, 4) is 0 Å². The second-order valence-corrected chi connectivity index (χ2v) is 7.31. The molecule has 24 heavy (non-hydrogen) atoms. The standard InChI is InChI=1S/C17H17ClN4OS/c1-11-5-4-8-19-15(11)22(17-20-10-12(2)24-17)16(23)21-14-7-3-6-13(18)9-14/h3-9,12H,10H2,1-2H3,(H,21,23). The van der Waals surface area contributed by atoms with Crippen molar-refractivity contribution in [2.24, 2.45) is 4.99 Å². The molecule has 0 fully saturated rings. The van der Waals surface area contributed by atoms with E-state index in [1.807, 2.05) is 19.1 Å². The number of urea groups is 1. The number of aryl methyl sites for hydroxylation is 1. The van der Waals surface area contributed by atoms with E-state index in [1.165, 1.54) is 4.90 Å². The van der Waals surface area contributed by atoms with Crippen molar-refractivity contribution in [1.82, 2.24) is 4.98 Å². The Morgan fingerprint density at radius 2 is 2.21 bits per heavy atom. The summed E-state index contributed by atoms with van der Waals surface area (Å²) in [6.45, 7) is 4.69. The van der Waals surface area contributed by atoms with Gasteiger partial charge in [-0.2, -0.15) is 0 Å². The molecular formula is C17H17ClN4OS. The first kappa shape index (κ1) is 16.8. The Morgan fingerprint density at radius 1 is 1.38 bits per heavy atom. The quantitative estimate of drug-likeness (QED) is 0.853. The van der Waals surface area contributed by atoms with Crippen LogP contribution in [0.2, 0.25) is 5.02 Å². The van der Waals surface area contributed by atoms with Crippen LogP contribution in [0.5, 0.6) is 0 Å². The van der Waals surface area contributed by atoms with Gasteiger partial charge in [0.2, 0.25) is 0 Å². The van der Waals surface area contributed by atoms with E-state index in [-0.39, 0.29) is 6.03 Å². The zero-order chi connectivity index (χ0) is 17.1. The van der Waals surface area contributed by atoms with Crippen LogP contribution in [0.3, 0.4) is 0 Å². The Balaban J connectivity index is 1.92. The Bertz CT molecular complexity index is 796.